The van der Waals surface area contributed by atoms with E-state index in [9.17, 15) is 0 Å². The van der Waals surface area contributed by atoms with E-state index in [0.29, 0.717) is 5.71 Å². The lowest BCUT2D eigenvalue weighted by molar-refractivity contribution is 0.316. The molecule has 0 saturated carbocycles. The third-order valence-electron chi connectivity index (χ3n) is 1.16. The minimum atomic E-state index is -0.220. The molecule has 0 heterocycles. The van der Waals surface area contributed by atoms with Gasteiger partial charge < -0.3 is 5.21 Å². The fourth-order valence-corrected chi connectivity index (χ4v) is 0.686. The third-order valence-corrected chi connectivity index (χ3v) is 3.88. The van der Waals surface area contributed by atoms with Gasteiger partial charge in [0, 0.05) is 5.33 Å². The average molecular weight is 259 g/mol. The van der Waals surface area contributed by atoms with Crippen molar-refractivity contribution < 1.29 is 5.21 Å². The van der Waals surface area contributed by atoms with Crippen LogP contribution in [0.3, 0.4) is 0 Å². The van der Waals surface area contributed by atoms with Crippen molar-refractivity contribution in [2.45, 2.75) is 18.2 Å². The molecule has 1 atom stereocenters. The Morgan fingerprint density at radius 2 is 2.22 bits per heavy atom. The molecule has 0 fully saturated rings. The van der Waals surface area contributed by atoms with Gasteiger partial charge in [-0.1, -0.05) is 37.0 Å². The number of alkyl halides is 2. The van der Waals surface area contributed by atoms with Gasteiger partial charge in [-0.25, -0.2) is 0 Å². The van der Waals surface area contributed by atoms with Gasteiger partial charge in [0.2, 0.25) is 0 Å². The van der Waals surface area contributed by atoms with Crippen LogP contribution in [-0.4, -0.2) is 20.6 Å². The van der Waals surface area contributed by atoms with Gasteiger partial charge in [0.05, 0.1) is 10.0 Å². The smallest absolute Gasteiger partial charge is 0.0737 e. The minimum Gasteiger partial charge on any atom is -0.411 e. The topological polar surface area (TPSA) is 32.6 Å². The first kappa shape index (κ1) is 9.43. The molecule has 0 amide bonds. The quantitative estimate of drug-likeness (QED) is 0.351. The number of hydrogen-bond donors (Lipinski definition) is 1. The van der Waals surface area contributed by atoms with Crippen LogP contribution < -0.4 is 0 Å². The van der Waals surface area contributed by atoms with Crippen LogP contribution in [-0.2, 0) is 0 Å². The number of halogens is 2. The van der Waals surface area contributed by atoms with Crippen LogP contribution in [0.1, 0.15) is 13.8 Å². The van der Waals surface area contributed by atoms with E-state index >= 15 is 0 Å². The Kier molecular flexibility index (Phi) is 3.73. The van der Waals surface area contributed by atoms with Crippen LogP contribution in [0.4, 0.5) is 0 Å². The molecular formula is C5H9Br2NO. The minimum absolute atomic E-state index is 0.220. The van der Waals surface area contributed by atoms with E-state index in [-0.39, 0.29) is 4.32 Å². The molecule has 9 heavy (non-hydrogen) atoms. The Bertz CT molecular complexity index is 122. The largest absolute Gasteiger partial charge is 0.411 e. The van der Waals surface area contributed by atoms with E-state index in [1.807, 2.05) is 6.92 Å². The summed E-state index contributed by atoms with van der Waals surface area (Å²) in [6, 6.07) is 0. The highest BCUT2D eigenvalue weighted by Crippen LogP contribution is 2.21. The van der Waals surface area contributed by atoms with Crippen molar-refractivity contribution in [3.63, 3.8) is 0 Å². The molecule has 0 saturated heterocycles. The Hall–Kier alpha value is 0.430. The fourth-order valence-electron chi connectivity index (χ4n) is 0.201. The molecule has 0 aliphatic heterocycles. The molecule has 0 radical (unpaired) electrons. The van der Waals surface area contributed by atoms with Gasteiger partial charge in [-0.2, -0.15) is 0 Å². The third kappa shape index (κ3) is 2.67. The van der Waals surface area contributed by atoms with Crippen molar-refractivity contribution in [3.05, 3.63) is 0 Å². The standard InChI is InChI=1S/C5H9Br2NO/c1-4(8-9)5(2,7)3-6/h9H,3H2,1-2H3. The van der Waals surface area contributed by atoms with Gasteiger partial charge in [0.1, 0.15) is 0 Å². The monoisotopic (exact) mass is 257 g/mol. The van der Waals surface area contributed by atoms with E-state index in [1.54, 1.807) is 6.92 Å². The zero-order chi connectivity index (χ0) is 7.49. The fraction of sp³-hybridized carbons (Fsp3) is 0.800. The van der Waals surface area contributed by atoms with E-state index < -0.39 is 0 Å². The van der Waals surface area contributed by atoms with Crippen LogP contribution in [0, 0.1) is 0 Å². The highest BCUT2D eigenvalue weighted by atomic mass is 79.9. The molecule has 54 valence electrons. The van der Waals surface area contributed by atoms with Crippen molar-refractivity contribution in [2.75, 3.05) is 5.33 Å². The van der Waals surface area contributed by atoms with E-state index in [2.05, 4.69) is 37.0 Å². The summed E-state index contributed by atoms with van der Waals surface area (Å²) in [6.07, 6.45) is 0. The molecule has 0 aliphatic carbocycles. The van der Waals surface area contributed by atoms with Crippen molar-refractivity contribution >= 4 is 37.6 Å². The predicted molar refractivity (Wildman–Crippen MR) is 46.0 cm³/mol. The maximum Gasteiger partial charge on any atom is 0.0737 e. The normalized spacial score (nSPS) is 19.3. The van der Waals surface area contributed by atoms with Gasteiger partial charge >= 0.3 is 0 Å². The second kappa shape index (κ2) is 3.56. The molecule has 2 nitrogen and oxygen atoms in total. The van der Waals surface area contributed by atoms with E-state index in [1.165, 1.54) is 0 Å². The van der Waals surface area contributed by atoms with Crippen molar-refractivity contribution in [1.29, 1.82) is 0 Å². The maximum absolute atomic E-state index is 8.34. The Morgan fingerprint density at radius 1 is 1.78 bits per heavy atom. The molecule has 0 aromatic rings. The van der Waals surface area contributed by atoms with Gasteiger partial charge in [0.15, 0.2) is 0 Å². The van der Waals surface area contributed by atoms with Crippen LogP contribution in [0.5, 0.6) is 0 Å². The summed E-state index contributed by atoms with van der Waals surface area (Å²) in [5.74, 6) is 0. The molecule has 4 heteroatoms. The molecule has 0 aliphatic rings. The SMILES string of the molecule is CC(=NO)C(C)(Br)CBr. The molecule has 0 rings (SSSR count). The van der Waals surface area contributed by atoms with Crippen LogP contribution >= 0.6 is 31.9 Å². The van der Waals surface area contributed by atoms with Crippen molar-refractivity contribution in [3.8, 4) is 0 Å². The number of oxime groups is 1. The zero-order valence-corrected chi connectivity index (χ0v) is 8.53. The molecule has 1 N–H and O–H groups in total. The van der Waals surface area contributed by atoms with Gasteiger partial charge in [-0.3, -0.25) is 0 Å². The molecule has 1 unspecified atom stereocenters. The average Bonchev–Trinajstić information content (AvgIpc) is 1.86. The van der Waals surface area contributed by atoms with Gasteiger partial charge in [-0.15, -0.1) is 0 Å². The second-order valence-corrected chi connectivity index (χ2v) is 4.33. The summed E-state index contributed by atoms with van der Waals surface area (Å²) >= 11 is 6.64. The van der Waals surface area contributed by atoms with E-state index in [4.69, 9.17) is 5.21 Å². The van der Waals surface area contributed by atoms with Crippen LogP contribution in [0.15, 0.2) is 5.16 Å². The zero-order valence-electron chi connectivity index (χ0n) is 5.36. The number of nitrogens with zero attached hydrogens (tertiary/aromatic N) is 1. The lowest BCUT2D eigenvalue weighted by atomic mass is 10.1. The summed E-state index contributed by atoms with van der Waals surface area (Å²) in [7, 11) is 0. The van der Waals surface area contributed by atoms with Gasteiger partial charge in [-0.05, 0) is 13.8 Å². The maximum atomic E-state index is 8.34. The summed E-state index contributed by atoms with van der Waals surface area (Å²) in [4.78, 5) is 0. The van der Waals surface area contributed by atoms with E-state index in [0.717, 1.165) is 5.33 Å². The molecule has 0 spiro atoms. The second-order valence-electron chi connectivity index (χ2n) is 2.02. The van der Waals surface area contributed by atoms with Crippen molar-refractivity contribution in [2.24, 2.45) is 5.16 Å². The number of rotatable bonds is 2. The molecule has 0 aromatic heterocycles. The first-order valence-electron chi connectivity index (χ1n) is 2.48. The molecular weight excluding hydrogens is 250 g/mol. The lowest BCUT2D eigenvalue weighted by Crippen LogP contribution is -2.27. The number of hydrogen-bond acceptors (Lipinski definition) is 2. The summed E-state index contributed by atoms with van der Waals surface area (Å²) in [6.45, 7) is 3.69. The van der Waals surface area contributed by atoms with Crippen molar-refractivity contribution in [1.82, 2.24) is 0 Å². The Balaban J connectivity index is 4.14. The first-order chi connectivity index (χ1) is 4.04. The Labute approximate surface area is 71.6 Å². The predicted octanol–water partition coefficient (Wildman–Crippen LogP) is 2.39. The lowest BCUT2D eigenvalue weighted by Gasteiger charge is -2.16. The van der Waals surface area contributed by atoms with Crippen LogP contribution in [0.2, 0.25) is 0 Å². The summed E-state index contributed by atoms with van der Waals surface area (Å²) < 4.78 is -0.220. The molecule has 0 aromatic carbocycles. The highest BCUT2D eigenvalue weighted by Gasteiger charge is 2.22. The van der Waals surface area contributed by atoms with Crippen LogP contribution in [0.25, 0.3) is 0 Å². The molecule has 0 bridgehead atoms. The summed E-state index contributed by atoms with van der Waals surface area (Å²) in [5, 5.41) is 12.1. The summed E-state index contributed by atoms with van der Waals surface area (Å²) in [5.41, 5.74) is 0.666. The highest BCUT2D eigenvalue weighted by molar-refractivity contribution is 9.12. The van der Waals surface area contributed by atoms with Gasteiger partial charge in [0.25, 0.3) is 0 Å². The first-order valence-corrected chi connectivity index (χ1v) is 4.40. The Morgan fingerprint density at radius 3 is 2.33 bits per heavy atom.